The van der Waals surface area contributed by atoms with Crippen molar-refractivity contribution in [3.63, 3.8) is 0 Å². The second kappa shape index (κ2) is 7.65. The Hall–Kier alpha value is -2.10. The SMILES string of the molecule is CCOCc1nc(Cn2ncc3c(N4CCN(C)CC4)ncnc32)cs1. The van der Waals surface area contributed by atoms with Gasteiger partial charge in [-0.25, -0.2) is 19.6 Å². The van der Waals surface area contributed by atoms with Crippen molar-refractivity contribution in [2.24, 2.45) is 0 Å². The van der Waals surface area contributed by atoms with Gasteiger partial charge in [0.05, 0.1) is 30.4 Å². The second-order valence-electron chi connectivity index (χ2n) is 6.40. The van der Waals surface area contributed by atoms with Gasteiger partial charge in [0.25, 0.3) is 0 Å². The van der Waals surface area contributed by atoms with E-state index in [1.54, 1.807) is 17.7 Å². The predicted octanol–water partition coefficient (Wildman–Crippen LogP) is 1.62. The topological polar surface area (TPSA) is 72.2 Å². The van der Waals surface area contributed by atoms with Gasteiger partial charge in [-0.3, -0.25) is 0 Å². The minimum Gasteiger partial charge on any atom is -0.375 e. The molecule has 1 aliphatic heterocycles. The Bertz CT molecular complexity index is 869. The number of nitrogens with zero attached hydrogens (tertiary/aromatic N) is 7. The lowest BCUT2D eigenvalue weighted by atomic mass is 10.3. The van der Waals surface area contributed by atoms with Crippen molar-refractivity contribution in [1.82, 2.24) is 29.6 Å². The fourth-order valence-electron chi connectivity index (χ4n) is 3.10. The number of hydrogen-bond donors (Lipinski definition) is 0. The second-order valence-corrected chi connectivity index (χ2v) is 7.34. The smallest absolute Gasteiger partial charge is 0.163 e. The van der Waals surface area contributed by atoms with Crippen LogP contribution in [0.4, 0.5) is 5.82 Å². The number of aromatic nitrogens is 5. The van der Waals surface area contributed by atoms with Crippen LogP contribution in [0.25, 0.3) is 11.0 Å². The molecule has 0 spiro atoms. The molecular formula is C17H23N7OS. The highest BCUT2D eigenvalue weighted by molar-refractivity contribution is 7.09. The Morgan fingerprint density at radius 3 is 2.85 bits per heavy atom. The molecule has 3 aromatic rings. The molecule has 3 aromatic heterocycles. The van der Waals surface area contributed by atoms with E-state index in [0.29, 0.717) is 19.8 Å². The first-order valence-corrected chi connectivity index (χ1v) is 9.73. The third-order valence-corrected chi connectivity index (χ3v) is 5.43. The summed E-state index contributed by atoms with van der Waals surface area (Å²) in [5.74, 6) is 0.977. The quantitative estimate of drug-likeness (QED) is 0.650. The van der Waals surface area contributed by atoms with Gasteiger partial charge in [0, 0.05) is 38.2 Å². The third kappa shape index (κ3) is 3.55. The molecule has 0 saturated carbocycles. The molecule has 0 atom stereocenters. The molecule has 1 fully saturated rings. The standard InChI is InChI=1S/C17H23N7OS/c1-3-25-10-15-21-13(11-26-15)9-24-17-14(8-20-24)16(18-12-19-17)23-6-4-22(2)5-7-23/h8,11-12H,3-7,9-10H2,1-2H3. The number of anilines is 1. The minimum absolute atomic E-state index is 0.566. The van der Waals surface area contributed by atoms with Crippen molar-refractivity contribution in [3.05, 3.63) is 28.6 Å². The molecule has 0 N–H and O–H groups in total. The Balaban J connectivity index is 1.55. The molecule has 26 heavy (non-hydrogen) atoms. The number of ether oxygens (including phenoxy) is 1. The van der Waals surface area contributed by atoms with Crippen molar-refractivity contribution < 1.29 is 4.74 Å². The van der Waals surface area contributed by atoms with Crippen molar-refractivity contribution in [1.29, 1.82) is 0 Å². The molecule has 9 heteroatoms. The zero-order valence-electron chi connectivity index (χ0n) is 15.1. The lowest BCUT2D eigenvalue weighted by Crippen LogP contribution is -2.44. The number of likely N-dealkylation sites (N-methyl/N-ethyl adjacent to an activating group) is 1. The predicted molar refractivity (Wildman–Crippen MR) is 102 cm³/mol. The van der Waals surface area contributed by atoms with E-state index in [2.05, 4.69) is 42.3 Å². The normalized spacial score (nSPS) is 15.8. The van der Waals surface area contributed by atoms with Gasteiger partial charge in [-0.1, -0.05) is 0 Å². The molecular weight excluding hydrogens is 350 g/mol. The van der Waals surface area contributed by atoms with Crippen LogP contribution in [-0.2, 0) is 17.9 Å². The maximum absolute atomic E-state index is 5.42. The molecule has 0 bridgehead atoms. The molecule has 8 nitrogen and oxygen atoms in total. The van der Waals surface area contributed by atoms with Crippen LogP contribution in [0.3, 0.4) is 0 Å². The van der Waals surface area contributed by atoms with E-state index < -0.39 is 0 Å². The maximum atomic E-state index is 5.42. The molecule has 1 aliphatic rings. The van der Waals surface area contributed by atoms with Gasteiger partial charge >= 0.3 is 0 Å². The van der Waals surface area contributed by atoms with E-state index in [9.17, 15) is 0 Å². The van der Waals surface area contributed by atoms with E-state index in [1.165, 1.54) is 0 Å². The van der Waals surface area contributed by atoms with Gasteiger partial charge in [0.1, 0.15) is 17.2 Å². The van der Waals surface area contributed by atoms with Crippen LogP contribution in [0, 0.1) is 0 Å². The fourth-order valence-corrected chi connectivity index (χ4v) is 3.82. The maximum Gasteiger partial charge on any atom is 0.163 e. The number of hydrogen-bond acceptors (Lipinski definition) is 8. The number of piperazine rings is 1. The molecule has 0 amide bonds. The van der Waals surface area contributed by atoms with E-state index >= 15 is 0 Å². The van der Waals surface area contributed by atoms with Gasteiger partial charge in [-0.2, -0.15) is 5.10 Å². The summed E-state index contributed by atoms with van der Waals surface area (Å²) in [6.45, 7) is 7.89. The van der Waals surface area contributed by atoms with Crippen LogP contribution in [-0.4, -0.2) is 69.5 Å². The third-order valence-electron chi connectivity index (χ3n) is 4.56. The van der Waals surface area contributed by atoms with E-state index in [0.717, 1.165) is 53.7 Å². The van der Waals surface area contributed by atoms with Gasteiger partial charge in [0.2, 0.25) is 0 Å². The van der Waals surface area contributed by atoms with Crippen molar-refractivity contribution >= 4 is 28.2 Å². The Morgan fingerprint density at radius 1 is 1.19 bits per heavy atom. The van der Waals surface area contributed by atoms with Crippen LogP contribution in [0.1, 0.15) is 17.6 Å². The van der Waals surface area contributed by atoms with Gasteiger partial charge in [-0.15, -0.1) is 11.3 Å². The molecule has 0 aliphatic carbocycles. The molecule has 138 valence electrons. The van der Waals surface area contributed by atoms with Gasteiger partial charge < -0.3 is 14.5 Å². The van der Waals surface area contributed by atoms with Crippen LogP contribution in [0.15, 0.2) is 17.9 Å². The average Bonchev–Trinajstić information content (AvgIpc) is 3.28. The lowest BCUT2D eigenvalue weighted by molar-refractivity contribution is 0.133. The molecule has 4 heterocycles. The number of rotatable bonds is 6. The summed E-state index contributed by atoms with van der Waals surface area (Å²) in [4.78, 5) is 18.3. The van der Waals surface area contributed by atoms with E-state index in [4.69, 9.17) is 4.74 Å². The first-order valence-electron chi connectivity index (χ1n) is 8.85. The van der Waals surface area contributed by atoms with E-state index in [-0.39, 0.29) is 0 Å². The van der Waals surface area contributed by atoms with Crippen LogP contribution in [0.2, 0.25) is 0 Å². The zero-order chi connectivity index (χ0) is 17.9. The van der Waals surface area contributed by atoms with E-state index in [1.807, 2.05) is 17.8 Å². The van der Waals surface area contributed by atoms with Gasteiger partial charge in [0.15, 0.2) is 5.65 Å². The van der Waals surface area contributed by atoms with Crippen LogP contribution in [0.5, 0.6) is 0 Å². The summed E-state index contributed by atoms with van der Waals surface area (Å²) < 4.78 is 7.32. The minimum atomic E-state index is 0.566. The molecule has 0 unspecified atom stereocenters. The molecule has 1 saturated heterocycles. The summed E-state index contributed by atoms with van der Waals surface area (Å²) in [7, 11) is 2.15. The zero-order valence-corrected chi connectivity index (χ0v) is 15.9. The molecule has 4 rings (SSSR count). The first-order chi connectivity index (χ1) is 12.7. The summed E-state index contributed by atoms with van der Waals surface area (Å²) in [6.07, 6.45) is 3.51. The first kappa shape index (κ1) is 17.3. The lowest BCUT2D eigenvalue weighted by Gasteiger charge is -2.33. The van der Waals surface area contributed by atoms with Crippen molar-refractivity contribution in [3.8, 4) is 0 Å². The summed E-state index contributed by atoms with van der Waals surface area (Å²) in [5, 5.41) is 8.60. The van der Waals surface area contributed by atoms with Crippen LogP contribution >= 0.6 is 11.3 Å². The monoisotopic (exact) mass is 373 g/mol. The van der Waals surface area contributed by atoms with Crippen molar-refractivity contribution in [2.75, 3.05) is 44.7 Å². The highest BCUT2D eigenvalue weighted by Gasteiger charge is 2.19. The number of fused-ring (bicyclic) bond motifs is 1. The Labute approximate surface area is 156 Å². The summed E-state index contributed by atoms with van der Waals surface area (Å²) in [5.41, 5.74) is 1.84. The summed E-state index contributed by atoms with van der Waals surface area (Å²) in [6, 6.07) is 0. The summed E-state index contributed by atoms with van der Waals surface area (Å²) >= 11 is 1.62. The average molecular weight is 373 g/mol. The van der Waals surface area contributed by atoms with Crippen LogP contribution < -0.4 is 4.90 Å². The Morgan fingerprint density at radius 2 is 2.04 bits per heavy atom. The number of thiazole rings is 1. The highest BCUT2D eigenvalue weighted by Crippen LogP contribution is 2.24. The molecule has 0 aromatic carbocycles. The van der Waals surface area contributed by atoms with Gasteiger partial charge in [-0.05, 0) is 14.0 Å². The van der Waals surface area contributed by atoms with Crippen molar-refractivity contribution in [2.45, 2.75) is 20.1 Å². The molecule has 0 radical (unpaired) electrons. The highest BCUT2D eigenvalue weighted by atomic mass is 32.1. The Kier molecular flexibility index (Phi) is 5.09. The fraction of sp³-hybridized carbons (Fsp3) is 0.529. The largest absolute Gasteiger partial charge is 0.375 e.